The first-order valence-corrected chi connectivity index (χ1v) is 7.75. The van der Waals surface area contributed by atoms with Gasteiger partial charge in [0.15, 0.2) is 0 Å². The molecule has 2 heterocycles. The zero-order valence-electron chi connectivity index (χ0n) is 11.4. The number of morpholine rings is 1. The molecule has 1 aliphatic rings. The van der Waals surface area contributed by atoms with Crippen molar-refractivity contribution in [1.82, 2.24) is 9.88 Å². The topological polar surface area (TPSA) is 25.4 Å². The van der Waals surface area contributed by atoms with Crippen LogP contribution in [0.3, 0.4) is 0 Å². The van der Waals surface area contributed by atoms with Crippen molar-refractivity contribution >= 4 is 22.9 Å². The highest BCUT2D eigenvalue weighted by atomic mass is 35.5. The molecule has 0 spiro atoms. The van der Waals surface area contributed by atoms with Crippen LogP contribution in [-0.2, 0) is 10.6 Å². The van der Waals surface area contributed by atoms with Gasteiger partial charge in [-0.1, -0.05) is 0 Å². The van der Waals surface area contributed by atoms with Crippen LogP contribution in [-0.4, -0.2) is 34.7 Å². The number of alkyl halides is 1. The molecule has 0 aliphatic carbocycles. The highest BCUT2D eigenvalue weighted by Crippen LogP contribution is 2.30. The summed E-state index contributed by atoms with van der Waals surface area (Å²) in [6.07, 6.45) is 0.267. The molecular weight excluding hydrogens is 268 g/mol. The molecule has 1 aliphatic heterocycles. The molecule has 0 amide bonds. The maximum absolute atomic E-state index is 5.94. The number of aromatic nitrogens is 1. The van der Waals surface area contributed by atoms with Crippen LogP contribution in [0, 0.1) is 0 Å². The summed E-state index contributed by atoms with van der Waals surface area (Å²) in [7, 11) is 0. The summed E-state index contributed by atoms with van der Waals surface area (Å²) >= 11 is 7.51. The van der Waals surface area contributed by atoms with Crippen LogP contribution >= 0.6 is 22.9 Å². The van der Waals surface area contributed by atoms with Crippen molar-refractivity contribution in [3.8, 4) is 0 Å². The number of ether oxygens (including phenoxy) is 1. The molecule has 1 saturated heterocycles. The van der Waals surface area contributed by atoms with E-state index in [4.69, 9.17) is 16.3 Å². The van der Waals surface area contributed by atoms with E-state index in [1.54, 1.807) is 11.3 Å². The smallest absolute Gasteiger partial charge is 0.110 e. The van der Waals surface area contributed by atoms with Gasteiger partial charge in [-0.05, 0) is 27.7 Å². The van der Waals surface area contributed by atoms with Gasteiger partial charge in [0, 0.05) is 18.5 Å². The molecule has 0 radical (unpaired) electrons. The minimum atomic E-state index is -0.0848. The molecule has 5 heteroatoms. The van der Waals surface area contributed by atoms with E-state index in [1.165, 1.54) is 0 Å². The SMILES string of the molecule is CC1CN(C(C)c2nc(CCl)cs2)CC(C)(C)O1. The van der Waals surface area contributed by atoms with Gasteiger partial charge >= 0.3 is 0 Å². The molecular formula is C13H21ClN2OS. The van der Waals surface area contributed by atoms with Crippen LogP contribution in [0.1, 0.15) is 44.4 Å². The number of thiazole rings is 1. The Bertz CT molecular complexity index is 407. The van der Waals surface area contributed by atoms with Crippen molar-refractivity contribution in [2.24, 2.45) is 0 Å². The minimum absolute atomic E-state index is 0.0848. The van der Waals surface area contributed by atoms with Gasteiger partial charge in [0.1, 0.15) is 5.01 Å². The van der Waals surface area contributed by atoms with Crippen molar-refractivity contribution in [2.75, 3.05) is 13.1 Å². The molecule has 0 saturated carbocycles. The van der Waals surface area contributed by atoms with Crippen LogP contribution in [0.2, 0.25) is 0 Å². The molecule has 2 atom stereocenters. The molecule has 102 valence electrons. The van der Waals surface area contributed by atoms with Crippen LogP contribution < -0.4 is 0 Å². The van der Waals surface area contributed by atoms with Crippen molar-refractivity contribution < 1.29 is 4.74 Å². The number of hydrogen-bond acceptors (Lipinski definition) is 4. The Labute approximate surface area is 118 Å². The van der Waals surface area contributed by atoms with E-state index >= 15 is 0 Å². The van der Waals surface area contributed by atoms with E-state index in [-0.39, 0.29) is 11.7 Å². The predicted octanol–water partition coefficient (Wildman–Crippen LogP) is 3.44. The molecule has 18 heavy (non-hydrogen) atoms. The van der Waals surface area contributed by atoms with Gasteiger partial charge in [0.2, 0.25) is 0 Å². The molecule has 2 rings (SSSR count). The third kappa shape index (κ3) is 3.23. The third-order valence-corrected chi connectivity index (χ3v) is 4.54. The van der Waals surface area contributed by atoms with E-state index in [0.717, 1.165) is 23.8 Å². The fraction of sp³-hybridized carbons (Fsp3) is 0.769. The van der Waals surface area contributed by atoms with E-state index in [2.05, 4.69) is 37.6 Å². The van der Waals surface area contributed by atoms with Crippen LogP contribution in [0.15, 0.2) is 5.38 Å². The van der Waals surface area contributed by atoms with Crippen molar-refractivity contribution in [1.29, 1.82) is 0 Å². The minimum Gasteiger partial charge on any atom is -0.370 e. The molecule has 1 aromatic rings. The number of nitrogens with zero attached hydrogens (tertiary/aromatic N) is 2. The molecule has 0 bridgehead atoms. The van der Waals surface area contributed by atoms with Gasteiger partial charge in [0.05, 0.1) is 29.3 Å². The Balaban J connectivity index is 2.10. The summed E-state index contributed by atoms with van der Waals surface area (Å²) < 4.78 is 5.94. The Morgan fingerprint density at radius 3 is 2.94 bits per heavy atom. The largest absolute Gasteiger partial charge is 0.370 e. The quantitative estimate of drug-likeness (QED) is 0.797. The zero-order chi connectivity index (χ0) is 13.3. The second-order valence-electron chi connectivity index (χ2n) is 5.60. The standard InChI is InChI=1S/C13H21ClN2OS/c1-9-6-16(8-13(3,4)17-9)10(2)12-15-11(5-14)7-18-12/h7,9-10H,5-6,8H2,1-4H3. The van der Waals surface area contributed by atoms with E-state index in [1.807, 2.05) is 5.38 Å². The Kier molecular flexibility index (Phi) is 4.32. The monoisotopic (exact) mass is 288 g/mol. The van der Waals surface area contributed by atoms with E-state index in [9.17, 15) is 0 Å². The van der Waals surface area contributed by atoms with Crippen LogP contribution in [0.4, 0.5) is 0 Å². The third-order valence-electron chi connectivity index (χ3n) is 3.21. The zero-order valence-corrected chi connectivity index (χ0v) is 13.0. The number of rotatable bonds is 3. The molecule has 0 aromatic carbocycles. The molecule has 1 aromatic heterocycles. The fourth-order valence-electron chi connectivity index (χ4n) is 2.53. The summed E-state index contributed by atoms with van der Waals surface area (Å²) in [5.41, 5.74) is 0.891. The first-order chi connectivity index (χ1) is 8.41. The van der Waals surface area contributed by atoms with Gasteiger partial charge < -0.3 is 4.74 Å². The maximum Gasteiger partial charge on any atom is 0.110 e. The van der Waals surface area contributed by atoms with Gasteiger partial charge in [-0.25, -0.2) is 4.98 Å². The van der Waals surface area contributed by atoms with Crippen molar-refractivity contribution in [3.63, 3.8) is 0 Å². The normalized spacial score (nSPS) is 26.2. The highest BCUT2D eigenvalue weighted by molar-refractivity contribution is 7.09. The van der Waals surface area contributed by atoms with Crippen LogP contribution in [0.5, 0.6) is 0 Å². The average molecular weight is 289 g/mol. The Morgan fingerprint density at radius 1 is 1.67 bits per heavy atom. The summed E-state index contributed by atoms with van der Waals surface area (Å²) in [4.78, 5) is 7.03. The van der Waals surface area contributed by atoms with Gasteiger partial charge in [0.25, 0.3) is 0 Å². The lowest BCUT2D eigenvalue weighted by molar-refractivity contribution is -0.137. The molecule has 3 nitrogen and oxygen atoms in total. The van der Waals surface area contributed by atoms with Crippen molar-refractivity contribution in [2.45, 2.75) is 51.3 Å². The van der Waals surface area contributed by atoms with Crippen LogP contribution in [0.25, 0.3) is 0 Å². The number of hydrogen-bond donors (Lipinski definition) is 0. The summed E-state index contributed by atoms with van der Waals surface area (Å²) in [6, 6.07) is 0.331. The molecule has 2 unspecified atom stereocenters. The second kappa shape index (κ2) is 5.45. The maximum atomic E-state index is 5.94. The first kappa shape index (κ1) is 14.3. The number of halogens is 1. The summed E-state index contributed by atoms with van der Waals surface area (Å²) in [5, 5.41) is 3.20. The van der Waals surface area contributed by atoms with Gasteiger partial charge in [-0.15, -0.1) is 22.9 Å². The molecule has 1 fully saturated rings. The predicted molar refractivity (Wildman–Crippen MR) is 76.3 cm³/mol. The van der Waals surface area contributed by atoms with Gasteiger partial charge in [-0.2, -0.15) is 0 Å². The highest BCUT2D eigenvalue weighted by Gasteiger charge is 2.34. The second-order valence-corrected chi connectivity index (χ2v) is 6.76. The lowest BCUT2D eigenvalue weighted by Crippen LogP contribution is -2.52. The molecule has 0 N–H and O–H groups in total. The van der Waals surface area contributed by atoms with E-state index in [0.29, 0.717) is 11.9 Å². The summed E-state index contributed by atoms with van der Waals surface area (Å²) in [6.45, 7) is 10.5. The Morgan fingerprint density at radius 2 is 2.39 bits per heavy atom. The first-order valence-electron chi connectivity index (χ1n) is 6.33. The Hall–Kier alpha value is -0.160. The van der Waals surface area contributed by atoms with E-state index < -0.39 is 0 Å². The lowest BCUT2D eigenvalue weighted by Gasteiger charge is -2.43. The average Bonchev–Trinajstić information content (AvgIpc) is 2.73. The van der Waals surface area contributed by atoms with Gasteiger partial charge in [-0.3, -0.25) is 4.90 Å². The fourth-order valence-corrected chi connectivity index (χ4v) is 3.67. The summed E-state index contributed by atoms with van der Waals surface area (Å²) in [5.74, 6) is 0.494. The lowest BCUT2D eigenvalue weighted by atomic mass is 10.0. The van der Waals surface area contributed by atoms with Crippen molar-refractivity contribution in [3.05, 3.63) is 16.1 Å².